The molecule has 1 atom stereocenters. The van der Waals surface area contributed by atoms with E-state index in [0.717, 1.165) is 9.35 Å². The minimum absolute atomic E-state index is 0.130. The van der Waals surface area contributed by atoms with Crippen LogP contribution in [-0.4, -0.2) is 36.1 Å². The lowest BCUT2D eigenvalue weighted by Gasteiger charge is -2.25. The molecule has 2 amide bonds. The molecule has 0 saturated heterocycles. The van der Waals surface area contributed by atoms with E-state index in [-0.39, 0.29) is 18.6 Å². The monoisotopic (exact) mass is 438 g/mol. The molecular formula is C18H19BrN2O4S. The molecule has 2 heterocycles. The molecule has 0 bridgehead atoms. The molecule has 0 radical (unpaired) electrons. The van der Waals surface area contributed by atoms with Gasteiger partial charge in [-0.25, -0.2) is 0 Å². The number of hydrogen-bond donors (Lipinski definition) is 1. The van der Waals surface area contributed by atoms with E-state index in [4.69, 9.17) is 9.47 Å². The lowest BCUT2D eigenvalue weighted by atomic mass is 10.1. The van der Waals surface area contributed by atoms with Gasteiger partial charge in [0.25, 0.3) is 5.91 Å². The average molecular weight is 439 g/mol. The molecule has 26 heavy (non-hydrogen) atoms. The molecule has 2 aromatic rings. The van der Waals surface area contributed by atoms with Crippen LogP contribution < -0.4 is 14.8 Å². The highest BCUT2D eigenvalue weighted by Gasteiger charge is 2.23. The number of likely N-dealkylation sites (N-methyl/N-ethyl adjacent to an activating group) is 1. The number of nitrogens with one attached hydrogen (secondary N) is 1. The molecule has 3 rings (SSSR count). The lowest BCUT2D eigenvalue weighted by molar-refractivity contribution is -0.133. The second-order valence-electron chi connectivity index (χ2n) is 5.84. The van der Waals surface area contributed by atoms with E-state index in [0.29, 0.717) is 29.5 Å². The molecule has 1 aromatic heterocycles. The van der Waals surface area contributed by atoms with E-state index < -0.39 is 6.04 Å². The quantitative estimate of drug-likeness (QED) is 0.749. The fraction of sp³-hybridized carbons (Fsp3) is 0.333. The molecule has 0 aliphatic carbocycles. The first-order valence-electron chi connectivity index (χ1n) is 8.21. The van der Waals surface area contributed by atoms with Gasteiger partial charge in [-0.2, -0.15) is 0 Å². The fourth-order valence-electron chi connectivity index (χ4n) is 2.64. The van der Waals surface area contributed by atoms with Crippen molar-refractivity contribution in [2.45, 2.75) is 26.4 Å². The second kappa shape index (κ2) is 8.09. The van der Waals surface area contributed by atoms with Gasteiger partial charge in [0.1, 0.15) is 6.04 Å². The van der Waals surface area contributed by atoms with E-state index >= 15 is 0 Å². The Balaban J connectivity index is 1.63. The fourth-order valence-corrected chi connectivity index (χ4v) is 3.93. The number of carbonyl (C=O) groups excluding carboxylic acids is 2. The van der Waals surface area contributed by atoms with E-state index in [1.165, 1.54) is 11.3 Å². The summed E-state index contributed by atoms with van der Waals surface area (Å²) in [4.78, 5) is 27.2. The summed E-state index contributed by atoms with van der Waals surface area (Å²) < 4.78 is 11.6. The molecule has 6 nitrogen and oxygen atoms in total. The van der Waals surface area contributed by atoms with Crippen molar-refractivity contribution < 1.29 is 19.1 Å². The van der Waals surface area contributed by atoms with Crippen LogP contribution in [0.3, 0.4) is 0 Å². The van der Waals surface area contributed by atoms with Crippen LogP contribution in [0.4, 0.5) is 0 Å². The number of nitrogens with zero attached hydrogens (tertiary/aromatic N) is 1. The number of fused-ring (bicyclic) bond motifs is 1. The molecule has 8 heteroatoms. The SMILES string of the molecule is CCN(Cc1ccc2c(c1)OCO2)C(=O)C(C)NC(=O)c1ccc(Br)s1. The Bertz CT molecular complexity index is 823. The van der Waals surface area contributed by atoms with Gasteiger partial charge in [0.05, 0.1) is 8.66 Å². The van der Waals surface area contributed by atoms with Crippen molar-refractivity contribution in [3.05, 3.63) is 44.6 Å². The summed E-state index contributed by atoms with van der Waals surface area (Å²) in [5, 5.41) is 2.77. The van der Waals surface area contributed by atoms with Crippen molar-refractivity contribution in [1.29, 1.82) is 0 Å². The van der Waals surface area contributed by atoms with Gasteiger partial charge in [-0.05, 0) is 59.6 Å². The van der Waals surface area contributed by atoms with Gasteiger partial charge in [0, 0.05) is 13.1 Å². The highest BCUT2D eigenvalue weighted by Crippen LogP contribution is 2.32. The first-order chi connectivity index (χ1) is 12.5. The lowest BCUT2D eigenvalue weighted by Crippen LogP contribution is -2.46. The summed E-state index contributed by atoms with van der Waals surface area (Å²) in [5.74, 6) is 1.02. The molecule has 1 unspecified atom stereocenters. The number of carbonyl (C=O) groups is 2. The molecule has 1 N–H and O–H groups in total. The second-order valence-corrected chi connectivity index (χ2v) is 8.30. The molecule has 1 aromatic carbocycles. The Morgan fingerprint density at radius 1 is 1.27 bits per heavy atom. The Kier molecular flexibility index (Phi) is 5.83. The summed E-state index contributed by atoms with van der Waals surface area (Å²) >= 11 is 4.66. The molecule has 0 saturated carbocycles. The smallest absolute Gasteiger partial charge is 0.262 e. The predicted octanol–water partition coefficient (Wildman–Crippen LogP) is 3.41. The summed E-state index contributed by atoms with van der Waals surface area (Å²) in [6, 6.07) is 8.56. The van der Waals surface area contributed by atoms with Crippen LogP contribution in [0.1, 0.15) is 29.1 Å². The summed E-state index contributed by atoms with van der Waals surface area (Å²) in [6.45, 7) is 4.81. The van der Waals surface area contributed by atoms with Gasteiger partial charge in [0.2, 0.25) is 12.7 Å². The molecular weight excluding hydrogens is 420 g/mol. The van der Waals surface area contributed by atoms with Crippen LogP contribution in [0, 0.1) is 0 Å². The summed E-state index contributed by atoms with van der Waals surface area (Å²) in [6.07, 6.45) is 0. The van der Waals surface area contributed by atoms with E-state index in [1.807, 2.05) is 31.2 Å². The van der Waals surface area contributed by atoms with Crippen molar-refractivity contribution in [3.8, 4) is 11.5 Å². The minimum atomic E-state index is -0.614. The summed E-state index contributed by atoms with van der Waals surface area (Å²) in [5.41, 5.74) is 0.949. The largest absolute Gasteiger partial charge is 0.454 e. The van der Waals surface area contributed by atoms with Crippen molar-refractivity contribution in [2.75, 3.05) is 13.3 Å². The number of rotatable bonds is 6. The van der Waals surface area contributed by atoms with Gasteiger partial charge in [-0.1, -0.05) is 6.07 Å². The zero-order valence-corrected chi connectivity index (χ0v) is 16.9. The van der Waals surface area contributed by atoms with Gasteiger partial charge in [-0.3, -0.25) is 9.59 Å². The number of halogens is 1. The molecule has 0 spiro atoms. The maximum absolute atomic E-state index is 12.7. The zero-order chi connectivity index (χ0) is 18.7. The Morgan fingerprint density at radius 2 is 2.04 bits per heavy atom. The highest BCUT2D eigenvalue weighted by molar-refractivity contribution is 9.11. The third kappa shape index (κ3) is 4.19. The maximum atomic E-state index is 12.7. The predicted molar refractivity (Wildman–Crippen MR) is 103 cm³/mol. The van der Waals surface area contributed by atoms with Crippen LogP contribution in [-0.2, 0) is 11.3 Å². The highest BCUT2D eigenvalue weighted by atomic mass is 79.9. The van der Waals surface area contributed by atoms with E-state index in [1.54, 1.807) is 17.9 Å². The van der Waals surface area contributed by atoms with Crippen molar-refractivity contribution >= 4 is 39.1 Å². The van der Waals surface area contributed by atoms with Gasteiger partial charge >= 0.3 is 0 Å². The van der Waals surface area contributed by atoms with Crippen LogP contribution in [0.2, 0.25) is 0 Å². The number of hydrogen-bond acceptors (Lipinski definition) is 5. The third-order valence-electron chi connectivity index (χ3n) is 4.02. The number of ether oxygens (including phenoxy) is 2. The number of thiophene rings is 1. The number of amides is 2. The molecule has 1 aliphatic rings. The Labute approximate surface area is 164 Å². The van der Waals surface area contributed by atoms with E-state index in [2.05, 4.69) is 21.2 Å². The van der Waals surface area contributed by atoms with Gasteiger partial charge < -0.3 is 19.7 Å². The average Bonchev–Trinajstić information content (AvgIpc) is 3.27. The van der Waals surface area contributed by atoms with Crippen molar-refractivity contribution in [1.82, 2.24) is 10.2 Å². The van der Waals surface area contributed by atoms with Gasteiger partial charge in [-0.15, -0.1) is 11.3 Å². The first kappa shape index (κ1) is 18.7. The minimum Gasteiger partial charge on any atom is -0.454 e. The van der Waals surface area contributed by atoms with Gasteiger partial charge in [0.15, 0.2) is 11.5 Å². The number of benzene rings is 1. The zero-order valence-electron chi connectivity index (χ0n) is 14.5. The molecule has 138 valence electrons. The van der Waals surface area contributed by atoms with E-state index in [9.17, 15) is 9.59 Å². The van der Waals surface area contributed by atoms with Crippen LogP contribution in [0.15, 0.2) is 34.1 Å². The van der Waals surface area contributed by atoms with Crippen molar-refractivity contribution in [2.24, 2.45) is 0 Å². The van der Waals surface area contributed by atoms with Crippen LogP contribution >= 0.6 is 27.3 Å². The topological polar surface area (TPSA) is 67.9 Å². The molecule has 1 aliphatic heterocycles. The van der Waals surface area contributed by atoms with Crippen LogP contribution in [0.5, 0.6) is 11.5 Å². The summed E-state index contributed by atoms with van der Waals surface area (Å²) in [7, 11) is 0. The normalized spacial score (nSPS) is 13.3. The maximum Gasteiger partial charge on any atom is 0.262 e. The standard InChI is InChI=1S/C18H19BrN2O4S/c1-3-21(9-12-4-5-13-14(8-12)25-10-24-13)18(23)11(2)20-17(22)15-6-7-16(19)26-15/h4-8,11H,3,9-10H2,1-2H3,(H,20,22). The Hall–Kier alpha value is -2.06. The molecule has 0 fully saturated rings. The van der Waals surface area contributed by atoms with Crippen molar-refractivity contribution in [3.63, 3.8) is 0 Å². The first-order valence-corrected chi connectivity index (χ1v) is 9.82. The van der Waals surface area contributed by atoms with Crippen LogP contribution in [0.25, 0.3) is 0 Å². The third-order valence-corrected chi connectivity index (χ3v) is 5.64. The Morgan fingerprint density at radius 3 is 2.73 bits per heavy atom.